The van der Waals surface area contributed by atoms with Crippen LogP contribution in [-0.4, -0.2) is 11.1 Å². The predicted molar refractivity (Wildman–Crippen MR) is 65.8 cm³/mol. The highest BCUT2D eigenvalue weighted by Gasteiger charge is 2.14. The van der Waals surface area contributed by atoms with Gasteiger partial charge in [-0.3, -0.25) is 0 Å². The molecule has 0 aliphatic carbocycles. The van der Waals surface area contributed by atoms with Gasteiger partial charge in [0, 0.05) is 11.6 Å². The highest BCUT2D eigenvalue weighted by Crippen LogP contribution is 2.23. The molecule has 0 aliphatic heterocycles. The Kier molecular flexibility index (Phi) is 3.57. The fourth-order valence-corrected chi connectivity index (χ4v) is 1.77. The largest absolute Gasteiger partial charge is 0.478 e. The average molecular weight is 263 g/mol. The number of nitrogens with two attached hydrogens (primary N) is 1. The van der Waals surface area contributed by atoms with Crippen LogP contribution >= 0.6 is 0 Å². The lowest BCUT2D eigenvalue weighted by molar-refractivity contribution is 0.0697. The summed E-state index contributed by atoms with van der Waals surface area (Å²) >= 11 is 0. The zero-order valence-electron chi connectivity index (χ0n) is 9.81. The van der Waals surface area contributed by atoms with Gasteiger partial charge in [0.25, 0.3) is 0 Å². The van der Waals surface area contributed by atoms with E-state index in [0.717, 1.165) is 12.1 Å². The molecule has 0 aliphatic rings. The average Bonchev–Trinajstić information content (AvgIpc) is 2.38. The minimum absolute atomic E-state index is 0.121. The number of carboxylic acid groups (broad SMARTS) is 1. The Morgan fingerprint density at radius 2 is 1.74 bits per heavy atom. The molecule has 19 heavy (non-hydrogen) atoms. The maximum absolute atomic E-state index is 13.6. The molecule has 1 unspecified atom stereocenters. The first-order chi connectivity index (χ1) is 8.99. The Hall–Kier alpha value is -2.27. The molecule has 3 nitrogen and oxygen atoms in total. The fourth-order valence-electron chi connectivity index (χ4n) is 1.77. The Balaban J connectivity index is 2.33. The maximum Gasteiger partial charge on any atom is 0.335 e. The summed E-state index contributed by atoms with van der Waals surface area (Å²) in [6.45, 7) is 0. The minimum atomic E-state index is -1.05. The third-order valence-corrected chi connectivity index (χ3v) is 2.81. The lowest BCUT2D eigenvalue weighted by atomic mass is 9.98. The van der Waals surface area contributed by atoms with Crippen LogP contribution in [0.2, 0.25) is 0 Å². The first-order valence-electron chi connectivity index (χ1n) is 5.53. The fraction of sp³-hybridized carbons (Fsp3) is 0.0714. The summed E-state index contributed by atoms with van der Waals surface area (Å²) in [6, 6.07) is 8.19. The third kappa shape index (κ3) is 2.77. The van der Waals surface area contributed by atoms with Gasteiger partial charge in [-0.25, -0.2) is 13.6 Å². The van der Waals surface area contributed by atoms with Crippen LogP contribution in [0.15, 0.2) is 42.5 Å². The van der Waals surface area contributed by atoms with Gasteiger partial charge in [0.2, 0.25) is 0 Å². The summed E-state index contributed by atoms with van der Waals surface area (Å²) in [6.07, 6.45) is 0. The number of halogens is 2. The Morgan fingerprint density at radius 3 is 2.26 bits per heavy atom. The van der Waals surface area contributed by atoms with Crippen molar-refractivity contribution in [2.45, 2.75) is 6.04 Å². The lowest BCUT2D eigenvalue weighted by Gasteiger charge is -2.13. The zero-order chi connectivity index (χ0) is 14.0. The number of hydrogen-bond donors (Lipinski definition) is 2. The molecule has 0 heterocycles. The van der Waals surface area contributed by atoms with Gasteiger partial charge in [-0.1, -0.05) is 18.2 Å². The topological polar surface area (TPSA) is 63.3 Å². The highest BCUT2D eigenvalue weighted by atomic mass is 19.1. The van der Waals surface area contributed by atoms with Gasteiger partial charge in [0.05, 0.1) is 11.6 Å². The van der Waals surface area contributed by atoms with Crippen molar-refractivity contribution in [2.75, 3.05) is 0 Å². The van der Waals surface area contributed by atoms with Crippen molar-refractivity contribution in [3.63, 3.8) is 0 Å². The van der Waals surface area contributed by atoms with E-state index in [1.807, 2.05) is 0 Å². The van der Waals surface area contributed by atoms with Crippen LogP contribution in [0.1, 0.15) is 27.5 Å². The molecule has 0 saturated heterocycles. The third-order valence-electron chi connectivity index (χ3n) is 2.81. The van der Waals surface area contributed by atoms with Gasteiger partial charge < -0.3 is 10.8 Å². The van der Waals surface area contributed by atoms with E-state index in [0.29, 0.717) is 5.56 Å². The van der Waals surface area contributed by atoms with E-state index in [1.54, 1.807) is 0 Å². The van der Waals surface area contributed by atoms with E-state index in [-0.39, 0.29) is 11.1 Å². The summed E-state index contributed by atoms with van der Waals surface area (Å²) in [5, 5.41) is 8.77. The van der Waals surface area contributed by atoms with E-state index in [1.165, 1.54) is 30.3 Å². The summed E-state index contributed by atoms with van der Waals surface area (Å²) < 4.78 is 26.4. The Labute approximate surface area is 108 Å². The van der Waals surface area contributed by atoms with Crippen LogP contribution in [0, 0.1) is 11.6 Å². The second-order valence-corrected chi connectivity index (χ2v) is 4.07. The van der Waals surface area contributed by atoms with Gasteiger partial charge in [-0.2, -0.15) is 0 Å². The van der Waals surface area contributed by atoms with Crippen molar-refractivity contribution in [3.05, 3.63) is 70.8 Å². The van der Waals surface area contributed by atoms with E-state index in [4.69, 9.17) is 10.8 Å². The normalized spacial score (nSPS) is 12.2. The van der Waals surface area contributed by atoms with E-state index < -0.39 is 23.6 Å². The number of aromatic carboxylic acids is 1. The summed E-state index contributed by atoms with van der Waals surface area (Å²) in [5.41, 5.74) is 6.71. The molecule has 0 radical (unpaired) electrons. The van der Waals surface area contributed by atoms with Crippen molar-refractivity contribution >= 4 is 5.97 Å². The van der Waals surface area contributed by atoms with Gasteiger partial charge in [0.1, 0.15) is 11.6 Å². The molecule has 0 fully saturated rings. The molecule has 2 aromatic rings. The number of carboxylic acids is 1. The molecular weight excluding hydrogens is 252 g/mol. The molecule has 2 rings (SSSR count). The molecule has 2 aromatic carbocycles. The van der Waals surface area contributed by atoms with Crippen molar-refractivity contribution in [1.29, 1.82) is 0 Å². The maximum atomic E-state index is 13.6. The summed E-state index contributed by atoms with van der Waals surface area (Å²) in [5.74, 6) is -2.45. The number of hydrogen-bond acceptors (Lipinski definition) is 2. The number of benzene rings is 2. The molecule has 0 spiro atoms. The smallest absolute Gasteiger partial charge is 0.335 e. The highest BCUT2D eigenvalue weighted by molar-refractivity contribution is 5.87. The Morgan fingerprint density at radius 1 is 1.11 bits per heavy atom. The molecule has 0 bridgehead atoms. The molecule has 98 valence electrons. The van der Waals surface area contributed by atoms with Gasteiger partial charge in [-0.05, 0) is 23.8 Å². The number of carbonyl (C=O) groups is 1. The summed E-state index contributed by atoms with van der Waals surface area (Å²) in [4.78, 5) is 10.7. The van der Waals surface area contributed by atoms with Gasteiger partial charge >= 0.3 is 5.97 Å². The van der Waals surface area contributed by atoms with E-state index in [9.17, 15) is 13.6 Å². The molecule has 3 N–H and O–H groups in total. The van der Waals surface area contributed by atoms with Crippen LogP contribution in [-0.2, 0) is 0 Å². The lowest BCUT2D eigenvalue weighted by Crippen LogP contribution is -2.14. The van der Waals surface area contributed by atoms with Crippen LogP contribution in [0.25, 0.3) is 0 Å². The van der Waals surface area contributed by atoms with Crippen molar-refractivity contribution in [2.24, 2.45) is 5.73 Å². The van der Waals surface area contributed by atoms with Crippen LogP contribution in [0.3, 0.4) is 0 Å². The zero-order valence-corrected chi connectivity index (χ0v) is 9.81. The molecule has 0 amide bonds. The van der Waals surface area contributed by atoms with E-state index in [2.05, 4.69) is 0 Å². The predicted octanol–water partition coefficient (Wildman–Crippen LogP) is 2.71. The number of rotatable bonds is 3. The Bertz CT molecular complexity index is 611. The minimum Gasteiger partial charge on any atom is -0.478 e. The van der Waals surface area contributed by atoms with Crippen LogP contribution < -0.4 is 5.73 Å². The molecular formula is C14H11F2NO2. The molecule has 5 heteroatoms. The second kappa shape index (κ2) is 5.16. The van der Waals surface area contributed by atoms with Crippen LogP contribution in [0.5, 0.6) is 0 Å². The first kappa shape index (κ1) is 13.2. The van der Waals surface area contributed by atoms with Crippen molar-refractivity contribution in [3.8, 4) is 0 Å². The quantitative estimate of drug-likeness (QED) is 0.894. The summed E-state index contributed by atoms with van der Waals surface area (Å²) in [7, 11) is 0. The first-order valence-corrected chi connectivity index (χ1v) is 5.53. The second-order valence-electron chi connectivity index (χ2n) is 4.07. The van der Waals surface area contributed by atoms with Gasteiger partial charge in [-0.15, -0.1) is 0 Å². The monoisotopic (exact) mass is 263 g/mol. The SMILES string of the molecule is NC(c1ccc(C(=O)O)cc1)c1ccc(F)cc1F. The molecule has 1 atom stereocenters. The molecule has 0 saturated carbocycles. The van der Waals surface area contributed by atoms with Gasteiger partial charge in [0.15, 0.2) is 0 Å². The van der Waals surface area contributed by atoms with Crippen molar-refractivity contribution in [1.82, 2.24) is 0 Å². The standard InChI is InChI=1S/C14H11F2NO2/c15-10-5-6-11(12(16)7-10)13(17)8-1-3-9(4-2-8)14(18)19/h1-7,13H,17H2,(H,18,19). The van der Waals surface area contributed by atoms with Crippen molar-refractivity contribution < 1.29 is 18.7 Å². The van der Waals surface area contributed by atoms with Crippen LogP contribution in [0.4, 0.5) is 8.78 Å². The molecule has 0 aromatic heterocycles. The van der Waals surface area contributed by atoms with E-state index >= 15 is 0 Å².